The average Bonchev–Trinajstić information content (AvgIpc) is 3.47. The Kier molecular flexibility index (Phi) is 4.61. The minimum Gasteiger partial charge on any atom is -0.340 e. The first-order chi connectivity index (χ1) is 13.8. The van der Waals surface area contributed by atoms with Gasteiger partial charge in [-0.3, -0.25) is 4.79 Å². The van der Waals surface area contributed by atoms with Crippen LogP contribution in [0.4, 0.5) is 0 Å². The Morgan fingerprint density at radius 3 is 3.04 bits per heavy atom. The number of hydrogen-bond donors (Lipinski definition) is 0. The van der Waals surface area contributed by atoms with Gasteiger partial charge >= 0.3 is 0 Å². The Morgan fingerprint density at radius 2 is 2.18 bits per heavy atom. The smallest absolute Gasteiger partial charge is 0.246 e. The lowest BCUT2D eigenvalue weighted by Gasteiger charge is -2.31. The van der Waals surface area contributed by atoms with Gasteiger partial charge in [-0.25, -0.2) is 4.98 Å². The fourth-order valence-corrected chi connectivity index (χ4v) is 5.24. The first-order valence-electron chi connectivity index (χ1n) is 9.20. The summed E-state index contributed by atoms with van der Waals surface area (Å²) in [5.74, 6) is 0.875. The number of nitrogens with zero attached hydrogens (tertiary/aromatic N) is 6. The van der Waals surface area contributed by atoms with Crippen LogP contribution in [0.3, 0.4) is 0 Å². The molecular weight excluding hydrogens is 392 g/mol. The van der Waals surface area contributed by atoms with Crippen molar-refractivity contribution in [1.82, 2.24) is 30.1 Å². The van der Waals surface area contributed by atoms with Crippen molar-refractivity contribution in [2.75, 3.05) is 13.1 Å². The van der Waals surface area contributed by atoms with E-state index >= 15 is 0 Å². The van der Waals surface area contributed by atoms with Crippen molar-refractivity contribution in [2.45, 2.75) is 25.3 Å². The third-order valence-corrected chi connectivity index (χ3v) is 6.82. The van der Waals surface area contributed by atoms with E-state index in [0.717, 1.165) is 35.5 Å². The summed E-state index contributed by atoms with van der Waals surface area (Å²) < 4.78 is 1.20. The Bertz CT molecular complexity index is 1070. The molecule has 1 aliphatic rings. The molecule has 0 radical (unpaired) electrons. The topological polar surface area (TPSA) is 76.8 Å². The van der Waals surface area contributed by atoms with Gasteiger partial charge in [0.05, 0.1) is 15.2 Å². The van der Waals surface area contributed by atoms with Crippen molar-refractivity contribution in [3.8, 4) is 11.4 Å². The van der Waals surface area contributed by atoms with E-state index in [2.05, 4.69) is 21.5 Å². The van der Waals surface area contributed by atoms with Gasteiger partial charge in [-0.05, 0) is 41.6 Å². The molecule has 1 aliphatic heterocycles. The van der Waals surface area contributed by atoms with Gasteiger partial charge in [-0.2, -0.15) is 16.1 Å². The number of thiazole rings is 1. The summed E-state index contributed by atoms with van der Waals surface area (Å²) in [5.41, 5.74) is 1.97. The van der Waals surface area contributed by atoms with Gasteiger partial charge in [0.2, 0.25) is 11.7 Å². The number of amides is 1. The highest BCUT2D eigenvalue weighted by Gasteiger charge is 2.27. The van der Waals surface area contributed by atoms with Crippen LogP contribution in [0.25, 0.3) is 21.6 Å². The maximum Gasteiger partial charge on any atom is 0.246 e. The van der Waals surface area contributed by atoms with Gasteiger partial charge in [-0.1, -0.05) is 12.1 Å². The molecule has 7 nitrogen and oxygen atoms in total. The zero-order chi connectivity index (χ0) is 18.9. The third kappa shape index (κ3) is 3.43. The summed E-state index contributed by atoms with van der Waals surface area (Å²) in [5, 5.41) is 17.5. The first-order valence-corrected chi connectivity index (χ1v) is 11.0. The summed E-state index contributed by atoms with van der Waals surface area (Å²) >= 11 is 3.32. The van der Waals surface area contributed by atoms with Crippen LogP contribution in [-0.2, 0) is 11.3 Å². The van der Waals surface area contributed by atoms with Crippen LogP contribution < -0.4 is 0 Å². The lowest BCUT2D eigenvalue weighted by molar-refractivity contribution is -0.133. The minimum absolute atomic E-state index is 0.0279. The van der Waals surface area contributed by atoms with Crippen molar-refractivity contribution in [3.63, 3.8) is 0 Å². The van der Waals surface area contributed by atoms with Crippen LogP contribution >= 0.6 is 22.7 Å². The van der Waals surface area contributed by atoms with E-state index in [4.69, 9.17) is 4.98 Å². The summed E-state index contributed by atoms with van der Waals surface area (Å²) in [6.07, 6.45) is 2.05. The van der Waals surface area contributed by atoms with Crippen molar-refractivity contribution in [1.29, 1.82) is 0 Å². The van der Waals surface area contributed by atoms with Gasteiger partial charge in [0.15, 0.2) is 0 Å². The number of fused-ring (bicyclic) bond motifs is 1. The molecule has 0 aliphatic carbocycles. The lowest BCUT2D eigenvalue weighted by Crippen LogP contribution is -2.41. The molecule has 1 fully saturated rings. The fourth-order valence-electron chi connectivity index (χ4n) is 3.51. The Hall–Kier alpha value is -2.65. The van der Waals surface area contributed by atoms with E-state index in [0.29, 0.717) is 18.3 Å². The summed E-state index contributed by atoms with van der Waals surface area (Å²) in [7, 11) is 0. The molecule has 1 amide bonds. The zero-order valence-corrected chi connectivity index (χ0v) is 16.7. The second-order valence-electron chi connectivity index (χ2n) is 6.85. The Morgan fingerprint density at radius 1 is 1.25 bits per heavy atom. The maximum atomic E-state index is 12.8. The number of benzene rings is 1. The molecule has 1 saturated heterocycles. The number of likely N-dealkylation sites (tertiary alicyclic amines) is 1. The Labute approximate surface area is 169 Å². The summed E-state index contributed by atoms with van der Waals surface area (Å²) in [4.78, 5) is 20.9. The number of rotatable bonds is 4. The van der Waals surface area contributed by atoms with Gasteiger partial charge < -0.3 is 4.90 Å². The van der Waals surface area contributed by atoms with E-state index in [9.17, 15) is 4.79 Å². The monoisotopic (exact) mass is 410 g/mol. The molecule has 4 aromatic rings. The second kappa shape index (κ2) is 7.40. The van der Waals surface area contributed by atoms with Gasteiger partial charge in [0, 0.05) is 30.0 Å². The predicted molar refractivity (Wildman–Crippen MR) is 109 cm³/mol. The molecule has 4 heterocycles. The number of hydrogen-bond acceptors (Lipinski definition) is 7. The van der Waals surface area contributed by atoms with E-state index in [-0.39, 0.29) is 12.5 Å². The highest BCUT2D eigenvalue weighted by Crippen LogP contribution is 2.33. The van der Waals surface area contributed by atoms with E-state index in [1.165, 1.54) is 9.50 Å². The molecule has 0 unspecified atom stereocenters. The fraction of sp³-hybridized carbons (Fsp3) is 0.316. The predicted octanol–water partition coefficient (Wildman–Crippen LogP) is 3.42. The van der Waals surface area contributed by atoms with Crippen molar-refractivity contribution < 1.29 is 4.79 Å². The second-order valence-corrected chi connectivity index (χ2v) is 8.70. The molecular formula is C19H18N6OS2. The van der Waals surface area contributed by atoms with Gasteiger partial charge in [-0.15, -0.1) is 21.5 Å². The summed E-state index contributed by atoms with van der Waals surface area (Å²) in [6.45, 7) is 1.58. The quantitative estimate of drug-likeness (QED) is 0.515. The molecule has 0 N–H and O–H groups in total. The standard InChI is InChI=1S/C19H18N6OS2/c26-17(11-25-22-18(21-23-25)14-7-9-27-12-14)24-8-3-4-13(10-24)19-20-15-5-1-2-6-16(15)28-19/h1-2,5-7,9,12-13H,3-4,8,10-11H2/t13-/m0/s1. The largest absolute Gasteiger partial charge is 0.340 e. The van der Waals surface area contributed by atoms with E-state index < -0.39 is 0 Å². The molecule has 1 aromatic carbocycles. The number of piperidine rings is 1. The highest BCUT2D eigenvalue weighted by atomic mass is 32.1. The van der Waals surface area contributed by atoms with Gasteiger partial charge in [0.1, 0.15) is 6.54 Å². The number of tetrazole rings is 1. The normalized spacial score (nSPS) is 17.3. The van der Waals surface area contributed by atoms with Crippen LogP contribution in [0.1, 0.15) is 23.8 Å². The summed E-state index contributed by atoms with van der Waals surface area (Å²) in [6, 6.07) is 10.1. The molecule has 3 aromatic heterocycles. The number of thiophene rings is 1. The van der Waals surface area contributed by atoms with Crippen LogP contribution in [0.5, 0.6) is 0 Å². The van der Waals surface area contributed by atoms with Crippen molar-refractivity contribution in [2.24, 2.45) is 0 Å². The number of para-hydroxylation sites is 1. The van der Waals surface area contributed by atoms with E-state index in [1.807, 2.05) is 39.9 Å². The molecule has 28 heavy (non-hydrogen) atoms. The zero-order valence-electron chi connectivity index (χ0n) is 15.1. The van der Waals surface area contributed by atoms with Gasteiger partial charge in [0.25, 0.3) is 0 Å². The SMILES string of the molecule is O=C(Cn1nnc(-c2ccsc2)n1)N1CCC[C@H](c2nc3ccccc3s2)C1. The average molecular weight is 411 g/mol. The minimum atomic E-state index is 0.0279. The maximum absolute atomic E-state index is 12.8. The number of aromatic nitrogens is 5. The van der Waals surface area contributed by atoms with E-state index in [1.54, 1.807) is 22.7 Å². The number of carbonyl (C=O) groups excluding carboxylic acids is 1. The van der Waals surface area contributed by atoms with Crippen molar-refractivity contribution in [3.05, 3.63) is 46.1 Å². The lowest BCUT2D eigenvalue weighted by atomic mass is 9.98. The Balaban J connectivity index is 1.27. The molecule has 142 valence electrons. The highest BCUT2D eigenvalue weighted by molar-refractivity contribution is 7.18. The third-order valence-electron chi connectivity index (χ3n) is 4.94. The molecule has 1 atom stereocenters. The molecule has 0 saturated carbocycles. The van der Waals surface area contributed by atoms with Crippen LogP contribution in [-0.4, -0.2) is 49.1 Å². The molecule has 5 rings (SSSR count). The number of carbonyl (C=O) groups is 1. The molecule has 0 bridgehead atoms. The first kappa shape index (κ1) is 17.4. The molecule has 9 heteroatoms. The van der Waals surface area contributed by atoms with Crippen molar-refractivity contribution >= 4 is 38.8 Å². The molecule has 0 spiro atoms. The van der Waals surface area contributed by atoms with Crippen LogP contribution in [0.2, 0.25) is 0 Å². The van der Waals surface area contributed by atoms with Crippen LogP contribution in [0.15, 0.2) is 41.1 Å². The van der Waals surface area contributed by atoms with Crippen LogP contribution in [0, 0.1) is 0 Å².